The van der Waals surface area contributed by atoms with Gasteiger partial charge in [-0.1, -0.05) is 17.7 Å². The van der Waals surface area contributed by atoms with Crippen LogP contribution in [-0.4, -0.2) is 32.1 Å². The Bertz CT molecular complexity index is 1110. The molecule has 2 aliphatic rings. The zero-order valence-corrected chi connectivity index (χ0v) is 17.3. The zero-order chi connectivity index (χ0) is 20.5. The second-order valence-corrected chi connectivity index (χ2v) is 9.69. The summed E-state index contributed by atoms with van der Waals surface area (Å²) >= 11 is 7.76. The molecule has 4 nitrogen and oxygen atoms in total. The van der Waals surface area contributed by atoms with Crippen molar-refractivity contribution in [3.63, 3.8) is 0 Å². The van der Waals surface area contributed by atoms with Crippen LogP contribution in [0.2, 0.25) is 5.02 Å². The molecule has 0 radical (unpaired) electrons. The third-order valence-corrected chi connectivity index (χ3v) is 7.69. The van der Waals surface area contributed by atoms with E-state index in [9.17, 15) is 13.9 Å². The summed E-state index contributed by atoms with van der Waals surface area (Å²) in [6.45, 7) is 0.657. The highest BCUT2D eigenvalue weighted by Crippen LogP contribution is 2.57. The lowest BCUT2D eigenvalue weighted by Gasteiger charge is -2.32. The summed E-state index contributed by atoms with van der Waals surface area (Å²) < 4.78 is 33.3. The van der Waals surface area contributed by atoms with Gasteiger partial charge < -0.3 is 14.4 Å². The number of imidazole rings is 1. The molecule has 2 aliphatic heterocycles. The molecule has 3 atom stereocenters. The predicted octanol–water partition coefficient (Wildman–Crippen LogP) is 5.61. The molecule has 0 spiro atoms. The quantitative estimate of drug-likeness (QED) is 0.579. The standard InChI is InChI=1S/C21H19ClF2N2O2S/c1-21(2,27)18-11-9-14(17-15(28-20(23)24)4-3-5-16(17)29-18)26-13-8-10(22)6-7-12(13)25-19(11)26/h3-8,11,14,18,20,27H,9H2,1-2H3/t11-,14+,18+/m1/s1. The molecule has 0 amide bonds. The average Bonchev–Trinajstić information content (AvgIpc) is 3.09. The van der Waals surface area contributed by atoms with E-state index in [1.807, 2.05) is 18.2 Å². The summed E-state index contributed by atoms with van der Waals surface area (Å²) in [5, 5.41) is 11.3. The minimum atomic E-state index is -2.91. The van der Waals surface area contributed by atoms with Gasteiger partial charge in [-0.3, -0.25) is 0 Å². The van der Waals surface area contributed by atoms with Gasteiger partial charge in [0.15, 0.2) is 0 Å². The maximum Gasteiger partial charge on any atom is 0.387 e. The predicted molar refractivity (Wildman–Crippen MR) is 109 cm³/mol. The lowest BCUT2D eigenvalue weighted by atomic mass is 9.88. The third kappa shape index (κ3) is 3.02. The van der Waals surface area contributed by atoms with Gasteiger partial charge in [0.1, 0.15) is 11.6 Å². The molecule has 2 bridgehead atoms. The Kier molecular flexibility index (Phi) is 4.35. The van der Waals surface area contributed by atoms with Crippen molar-refractivity contribution in [2.75, 3.05) is 0 Å². The van der Waals surface area contributed by atoms with Crippen molar-refractivity contribution in [2.24, 2.45) is 0 Å². The number of hydrogen-bond donors (Lipinski definition) is 1. The molecule has 29 heavy (non-hydrogen) atoms. The van der Waals surface area contributed by atoms with Crippen LogP contribution in [-0.2, 0) is 0 Å². The van der Waals surface area contributed by atoms with Crippen LogP contribution < -0.4 is 4.74 Å². The van der Waals surface area contributed by atoms with E-state index in [1.165, 1.54) is 11.8 Å². The largest absolute Gasteiger partial charge is 0.434 e. The number of ether oxygens (including phenoxy) is 1. The molecule has 152 valence electrons. The molecular weight excluding hydrogens is 418 g/mol. The fraction of sp³-hybridized carbons (Fsp3) is 0.381. The first-order valence-electron chi connectivity index (χ1n) is 9.38. The number of halogens is 3. The Morgan fingerprint density at radius 2 is 2.10 bits per heavy atom. The van der Waals surface area contributed by atoms with E-state index in [0.29, 0.717) is 17.0 Å². The highest BCUT2D eigenvalue weighted by Gasteiger charge is 2.48. The number of fused-ring (bicyclic) bond motifs is 9. The van der Waals surface area contributed by atoms with Crippen LogP contribution in [0.15, 0.2) is 41.3 Å². The molecule has 0 saturated heterocycles. The van der Waals surface area contributed by atoms with Crippen LogP contribution in [0, 0.1) is 0 Å². The van der Waals surface area contributed by atoms with E-state index in [1.54, 1.807) is 32.0 Å². The number of benzene rings is 2. The van der Waals surface area contributed by atoms with Crippen molar-refractivity contribution in [3.05, 3.63) is 52.8 Å². The van der Waals surface area contributed by atoms with Crippen molar-refractivity contribution in [2.45, 2.75) is 54.6 Å². The Balaban J connectivity index is 1.80. The number of thioether (sulfide) groups is 1. The number of aliphatic hydroxyl groups is 1. The van der Waals surface area contributed by atoms with Crippen LogP contribution in [0.25, 0.3) is 11.0 Å². The Labute approximate surface area is 175 Å². The number of nitrogens with zero attached hydrogens (tertiary/aromatic N) is 2. The van der Waals surface area contributed by atoms with Gasteiger partial charge in [-0.25, -0.2) is 4.98 Å². The van der Waals surface area contributed by atoms with Crippen LogP contribution >= 0.6 is 23.4 Å². The summed E-state index contributed by atoms with van der Waals surface area (Å²) in [5.74, 6) is 0.981. The molecule has 0 unspecified atom stereocenters. The van der Waals surface area contributed by atoms with E-state index in [-0.39, 0.29) is 23.0 Å². The summed E-state index contributed by atoms with van der Waals surface area (Å²) in [4.78, 5) is 5.68. The van der Waals surface area contributed by atoms with Crippen molar-refractivity contribution in [3.8, 4) is 5.75 Å². The first-order chi connectivity index (χ1) is 13.7. The summed E-state index contributed by atoms with van der Waals surface area (Å²) in [6.07, 6.45) is 0.656. The Hall–Kier alpha value is -1.83. The highest BCUT2D eigenvalue weighted by molar-refractivity contribution is 8.00. The van der Waals surface area contributed by atoms with Gasteiger partial charge in [-0.2, -0.15) is 8.78 Å². The van der Waals surface area contributed by atoms with Gasteiger partial charge in [-0.15, -0.1) is 11.8 Å². The van der Waals surface area contributed by atoms with Gasteiger partial charge in [0.25, 0.3) is 0 Å². The summed E-state index contributed by atoms with van der Waals surface area (Å²) in [6, 6.07) is 10.5. The molecule has 5 rings (SSSR count). The van der Waals surface area contributed by atoms with E-state index in [0.717, 1.165) is 21.8 Å². The van der Waals surface area contributed by atoms with Crippen molar-refractivity contribution >= 4 is 34.4 Å². The fourth-order valence-electron chi connectivity index (χ4n) is 4.64. The average molecular weight is 437 g/mol. The topological polar surface area (TPSA) is 47.3 Å². The van der Waals surface area contributed by atoms with E-state index >= 15 is 0 Å². The SMILES string of the molecule is CC(C)(O)[C@H]1Sc2cccc(OC(F)F)c2[C@@H]2C[C@H]1c1nc3ccc(Cl)cc3n12. The number of hydrogen-bond acceptors (Lipinski definition) is 4. The molecule has 8 heteroatoms. The first kappa shape index (κ1) is 19.2. The van der Waals surface area contributed by atoms with Gasteiger partial charge in [-0.05, 0) is 50.6 Å². The Morgan fingerprint density at radius 3 is 2.83 bits per heavy atom. The van der Waals surface area contributed by atoms with Gasteiger partial charge >= 0.3 is 6.61 Å². The van der Waals surface area contributed by atoms with Crippen LogP contribution in [0.4, 0.5) is 8.78 Å². The maximum absolute atomic E-state index is 13.1. The molecular formula is C21H19ClF2N2O2S. The first-order valence-corrected chi connectivity index (χ1v) is 10.6. The molecule has 3 heterocycles. The van der Waals surface area contributed by atoms with Gasteiger partial charge in [0.2, 0.25) is 0 Å². The number of aromatic nitrogens is 2. The number of rotatable bonds is 3. The molecule has 1 aromatic heterocycles. The van der Waals surface area contributed by atoms with E-state index in [4.69, 9.17) is 21.3 Å². The molecule has 1 N–H and O–H groups in total. The van der Waals surface area contributed by atoms with Crippen molar-refractivity contribution in [1.29, 1.82) is 0 Å². The monoisotopic (exact) mass is 436 g/mol. The summed E-state index contributed by atoms with van der Waals surface area (Å²) in [7, 11) is 0. The fourth-order valence-corrected chi connectivity index (χ4v) is 6.29. The minimum Gasteiger partial charge on any atom is -0.434 e. The van der Waals surface area contributed by atoms with Crippen molar-refractivity contribution in [1.82, 2.24) is 9.55 Å². The Morgan fingerprint density at radius 1 is 1.31 bits per heavy atom. The van der Waals surface area contributed by atoms with Crippen LogP contribution in [0.1, 0.15) is 43.6 Å². The molecule has 3 aromatic rings. The zero-order valence-electron chi connectivity index (χ0n) is 15.8. The minimum absolute atomic E-state index is 0.0389. The normalized spacial score (nSPS) is 23.2. The smallest absolute Gasteiger partial charge is 0.387 e. The van der Waals surface area contributed by atoms with E-state index < -0.39 is 12.2 Å². The third-order valence-electron chi connectivity index (χ3n) is 5.69. The van der Waals surface area contributed by atoms with Gasteiger partial charge in [0, 0.05) is 26.6 Å². The lowest BCUT2D eigenvalue weighted by molar-refractivity contribution is -0.0508. The summed E-state index contributed by atoms with van der Waals surface area (Å²) in [5.41, 5.74) is 1.38. The second-order valence-electron chi connectivity index (χ2n) is 8.07. The lowest BCUT2D eigenvalue weighted by Crippen LogP contribution is -2.37. The highest BCUT2D eigenvalue weighted by atomic mass is 35.5. The van der Waals surface area contributed by atoms with Crippen LogP contribution in [0.3, 0.4) is 0 Å². The second kappa shape index (κ2) is 6.59. The maximum atomic E-state index is 13.1. The van der Waals surface area contributed by atoms with Crippen molar-refractivity contribution < 1.29 is 18.6 Å². The molecule has 0 aliphatic carbocycles. The molecule has 2 aromatic carbocycles. The molecule has 0 saturated carbocycles. The van der Waals surface area contributed by atoms with Crippen LogP contribution in [0.5, 0.6) is 5.75 Å². The van der Waals surface area contributed by atoms with E-state index in [2.05, 4.69) is 4.57 Å². The van der Waals surface area contributed by atoms with Gasteiger partial charge in [0.05, 0.1) is 22.7 Å². The molecule has 0 fully saturated rings. The number of alkyl halides is 2.